The van der Waals surface area contributed by atoms with Crippen LogP contribution in [0.5, 0.6) is 0 Å². The van der Waals surface area contributed by atoms with Gasteiger partial charge in [-0.15, -0.1) is 6.58 Å². The molecule has 0 saturated heterocycles. The lowest BCUT2D eigenvalue weighted by atomic mass is 9.98. The Hall–Kier alpha value is -1.26. The molecule has 3 N–H and O–H groups in total. The fourth-order valence-corrected chi connectivity index (χ4v) is 1.55. The minimum absolute atomic E-state index is 0.365. The second-order valence-corrected chi connectivity index (χ2v) is 4.00. The van der Waals surface area contributed by atoms with E-state index in [9.17, 15) is 8.78 Å². The molecule has 0 aliphatic heterocycles. The van der Waals surface area contributed by atoms with Crippen LogP contribution in [0, 0.1) is 18.6 Å². The molecule has 0 saturated carbocycles. The van der Waals surface area contributed by atoms with E-state index in [1.54, 1.807) is 6.92 Å². The van der Waals surface area contributed by atoms with E-state index in [1.165, 1.54) is 6.07 Å². The molecule has 1 aromatic carbocycles. The summed E-state index contributed by atoms with van der Waals surface area (Å²) in [7, 11) is 0. The molecule has 1 rings (SSSR count). The van der Waals surface area contributed by atoms with Crippen LogP contribution in [0.15, 0.2) is 24.3 Å². The summed E-state index contributed by atoms with van der Waals surface area (Å²) in [4.78, 5) is 0. The zero-order valence-electron chi connectivity index (χ0n) is 9.48. The van der Waals surface area contributed by atoms with Gasteiger partial charge in [-0.2, -0.15) is 0 Å². The molecule has 0 fully saturated rings. The summed E-state index contributed by atoms with van der Waals surface area (Å²) in [6.07, 6.45) is 0.512. The maximum atomic E-state index is 13.6. The Morgan fingerprint density at radius 1 is 1.44 bits per heavy atom. The summed E-state index contributed by atoms with van der Waals surface area (Å²) in [5.74, 6) is 4.22. The van der Waals surface area contributed by atoms with Gasteiger partial charge in [-0.05, 0) is 31.9 Å². The van der Waals surface area contributed by atoms with Gasteiger partial charge < -0.3 is 0 Å². The third-order valence-electron chi connectivity index (χ3n) is 2.41. The van der Waals surface area contributed by atoms with Crippen LogP contribution in [-0.4, -0.2) is 0 Å². The average molecular weight is 226 g/mol. The molecule has 1 aromatic rings. The number of hydrazine groups is 1. The second kappa shape index (κ2) is 5.18. The highest BCUT2D eigenvalue weighted by Gasteiger charge is 2.16. The number of nitrogens with one attached hydrogen (secondary N) is 1. The SMILES string of the molecule is C=C(C)CC(NN)c1cc(C)c(F)cc1F. The van der Waals surface area contributed by atoms with Gasteiger partial charge in [0.25, 0.3) is 0 Å². The van der Waals surface area contributed by atoms with E-state index in [4.69, 9.17) is 5.84 Å². The van der Waals surface area contributed by atoms with Crippen molar-refractivity contribution in [3.05, 3.63) is 47.0 Å². The number of halogens is 2. The molecule has 1 atom stereocenters. The van der Waals surface area contributed by atoms with Crippen LogP contribution in [0.2, 0.25) is 0 Å². The zero-order valence-corrected chi connectivity index (χ0v) is 9.48. The highest BCUT2D eigenvalue weighted by molar-refractivity contribution is 5.29. The van der Waals surface area contributed by atoms with E-state index in [-0.39, 0.29) is 6.04 Å². The van der Waals surface area contributed by atoms with E-state index < -0.39 is 11.6 Å². The molecule has 1 unspecified atom stereocenters. The summed E-state index contributed by atoms with van der Waals surface area (Å²) in [5, 5.41) is 0. The van der Waals surface area contributed by atoms with Crippen molar-refractivity contribution in [3.8, 4) is 0 Å². The van der Waals surface area contributed by atoms with Crippen LogP contribution < -0.4 is 11.3 Å². The molecule has 0 amide bonds. The summed E-state index contributed by atoms with van der Waals surface area (Å²) in [6.45, 7) is 7.17. The molecule has 0 heterocycles. The molecule has 0 aliphatic rings. The van der Waals surface area contributed by atoms with Crippen LogP contribution in [0.4, 0.5) is 8.78 Å². The fraction of sp³-hybridized carbons (Fsp3) is 0.333. The summed E-state index contributed by atoms with van der Waals surface area (Å²) < 4.78 is 26.6. The van der Waals surface area contributed by atoms with Gasteiger partial charge >= 0.3 is 0 Å². The Morgan fingerprint density at radius 3 is 2.56 bits per heavy atom. The van der Waals surface area contributed by atoms with E-state index in [0.717, 1.165) is 11.6 Å². The molecule has 0 aromatic heterocycles. The van der Waals surface area contributed by atoms with E-state index >= 15 is 0 Å². The molecular formula is C12H16F2N2. The number of nitrogens with two attached hydrogens (primary N) is 1. The molecule has 88 valence electrons. The minimum Gasteiger partial charge on any atom is -0.271 e. The molecular weight excluding hydrogens is 210 g/mol. The fourth-order valence-electron chi connectivity index (χ4n) is 1.55. The van der Waals surface area contributed by atoms with Crippen molar-refractivity contribution in [3.63, 3.8) is 0 Å². The normalized spacial score (nSPS) is 12.6. The lowest BCUT2D eigenvalue weighted by Gasteiger charge is -2.17. The van der Waals surface area contributed by atoms with Crippen molar-refractivity contribution >= 4 is 0 Å². The van der Waals surface area contributed by atoms with Gasteiger partial charge in [-0.1, -0.05) is 5.57 Å². The number of hydrogen-bond acceptors (Lipinski definition) is 2. The Balaban J connectivity index is 3.09. The average Bonchev–Trinajstić information content (AvgIpc) is 2.20. The Bertz CT molecular complexity index is 402. The lowest BCUT2D eigenvalue weighted by molar-refractivity contribution is 0.500. The molecule has 0 spiro atoms. The predicted molar refractivity (Wildman–Crippen MR) is 60.6 cm³/mol. The number of hydrogen-bond donors (Lipinski definition) is 2. The lowest BCUT2D eigenvalue weighted by Crippen LogP contribution is -2.29. The van der Waals surface area contributed by atoms with Crippen LogP contribution in [0.25, 0.3) is 0 Å². The van der Waals surface area contributed by atoms with Gasteiger partial charge in [0, 0.05) is 11.6 Å². The van der Waals surface area contributed by atoms with Crippen LogP contribution in [0.1, 0.15) is 30.5 Å². The van der Waals surface area contributed by atoms with Crippen molar-refractivity contribution in [1.82, 2.24) is 5.43 Å². The first kappa shape index (κ1) is 12.8. The first-order valence-corrected chi connectivity index (χ1v) is 5.01. The van der Waals surface area contributed by atoms with Gasteiger partial charge in [-0.3, -0.25) is 11.3 Å². The maximum Gasteiger partial charge on any atom is 0.130 e. The Morgan fingerprint density at radius 2 is 2.06 bits per heavy atom. The maximum absolute atomic E-state index is 13.6. The molecule has 0 radical (unpaired) electrons. The summed E-state index contributed by atoms with van der Waals surface area (Å²) in [5.41, 5.74) is 4.16. The molecule has 2 nitrogen and oxygen atoms in total. The number of aryl methyl sites for hydroxylation is 1. The van der Waals surface area contributed by atoms with Gasteiger partial charge in [0.05, 0.1) is 6.04 Å². The molecule has 0 bridgehead atoms. The zero-order chi connectivity index (χ0) is 12.3. The van der Waals surface area contributed by atoms with Gasteiger partial charge in [0.1, 0.15) is 11.6 Å². The smallest absolute Gasteiger partial charge is 0.130 e. The number of benzene rings is 1. The quantitative estimate of drug-likeness (QED) is 0.470. The van der Waals surface area contributed by atoms with Gasteiger partial charge in [0.15, 0.2) is 0 Å². The predicted octanol–water partition coefficient (Wildman–Crippen LogP) is 2.74. The Kier molecular flexibility index (Phi) is 4.15. The number of rotatable bonds is 4. The van der Waals surface area contributed by atoms with Gasteiger partial charge in [-0.25, -0.2) is 8.78 Å². The highest BCUT2D eigenvalue weighted by Crippen LogP contribution is 2.24. The summed E-state index contributed by atoms with van der Waals surface area (Å²) in [6, 6.07) is 1.97. The van der Waals surface area contributed by atoms with Crippen LogP contribution in [-0.2, 0) is 0 Å². The van der Waals surface area contributed by atoms with Crippen molar-refractivity contribution in [1.29, 1.82) is 0 Å². The van der Waals surface area contributed by atoms with E-state index in [2.05, 4.69) is 12.0 Å². The third kappa shape index (κ3) is 2.87. The van der Waals surface area contributed by atoms with Crippen molar-refractivity contribution in [2.75, 3.05) is 0 Å². The van der Waals surface area contributed by atoms with Crippen LogP contribution in [0.3, 0.4) is 0 Å². The van der Waals surface area contributed by atoms with Crippen LogP contribution >= 0.6 is 0 Å². The molecule has 4 heteroatoms. The highest BCUT2D eigenvalue weighted by atomic mass is 19.1. The largest absolute Gasteiger partial charge is 0.271 e. The summed E-state index contributed by atoms with van der Waals surface area (Å²) >= 11 is 0. The first-order valence-electron chi connectivity index (χ1n) is 5.01. The standard InChI is InChI=1S/C12H16F2N2/c1-7(2)4-12(16-15)9-5-8(3)10(13)6-11(9)14/h5-6,12,16H,1,4,15H2,2-3H3. The molecule has 0 aliphatic carbocycles. The topological polar surface area (TPSA) is 38.0 Å². The van der Waals surface area contributed by atoms with E-state index in [0.29, 0.717) is 17.5 Å². The molecule has 16 heavy (non-hydrogen) atoms. The minimum atomic E-state index is -0.590. The first-order chi connectivity index (χ1) is 7.45. The van der Waals surface area contributed by atoms with Crippen molar-refractivity contribution in [2.24, 2.45) is 5.84 Å². The van der Waals surface area contributed by atoms with Gasteiger partial charge in [0.2, 0.25) is 0 Å². The second-order valence-electron chi connectivity index (χ2n) is 4.00. The third-order valence-corrected chi connectivity index (χ3v) is 2.41. The monoisotopic (exact) mass is 226 g/mol. The Labute approximate surface area is 94.1 Å². The van der Waals surface area contributed by atoms with Crippen molar-refractivity contribution in [2.45, 2.75) is 26.3 Å². The van der Waals surface area contributed by atoms with E-state index in [1.807, 2.05) is 6.92 Å². The van der Waals surface area contributed by atoms with Crippen molar-refractivity contribution < 1.29 is 8.78 Å².